The molecule has 0 aliphatic heterocycles. The van der Waals surface area contributed by atoms with Gasteiger partial charge in [-0.15, -0.1) is 0 Å². The summed E-state index contributed by atoms with van der Waals surface area (Å²) < 4.78 is 10.4. The number of esters is 1. The Hall–Kier alpha value is -3.54. The summed E-state index contributed by atoms with van der Waals surface area (Å²) >= 11 is 0. The van der Waals surface area contributed by atoms with Crippen molar-refractivity contribution in [3.05, 3.63) is 66.2 Å². The van der Waals surface area contributed by atoms with Gasteiger partial charge in [-0.05, 0) is 30.5 Å². The van der Waals surface area contributed by atoms with Gasteiger partial charge in [-0.25, -0.2) is 4.79 Å². The molecule has 0 saturated heterocycles. The molecule has 1 amide bonds. The molecule has 2 N–H and O–H groups in total. The highest BCUT2D eigenvalue weighted by atomic mass is 16.5. The number of rotatable bonds is 5. The Morgan fingerprint density at radius 2 is 1.70 bits per heavy atom. The number of nitrogens with one attached hydrogen (secondary N) is 1. The normalized spacial score (nSPS) is 11.6. The summed E-state index contributed by atoms with van der Waals surface area (Å²) in [5.41, 5.74) is 0.479. The summed E-state index contributed by atoms with van der Waals surface area (Å²) in [7, 11) is 1.50. The molecule has 3 aromatic rings. The number of para-hydroxylation sites is 2. The van der Waals surface area contributed by atoms with Crippen LogP contribution in [0.15, 0.2) is 60.7 Å². The van der Waals surface area contributed by atoms with Crippen LogP contribution in [0, 0.1) is 0 Å². The number of anilines is 1. The zero-order chi connectivity index (χ0) is 19.4. The maximum absolute atomic E-state index is 12.4. The summed E-state index contributed by atoms with van der Waals surface area (Å²) in [5, 5.41) is 14.4. The van der Waals surface area contributed by atoms with Crippen molar-refractivity contribution in [1.82, 2.24) is 0 Å². The number of amides is 1. The molecule has 0 fully saturated rings. The summed E-state index contributed by atoms with van der Waals surface area (Å²) in [6, 6.07) is 17.2. The number of carbonyl (C=O) groups excluding carboxylic acids is 2. The Morgan fingerprint density at radius 3 is 2.48 bits per heavy atom. The molecule has 0 saturated carbocycles. The Morgan fingerprint density at radius 1 is 1.00 bits per heavy atom. The molecule has 0 bridgehead atoms. The van der Waals surface area contributed by atoms with Crippen LogP contribution >= 0.6 is 0 Å². The Labute approximate surface area is 156 Å². The lowest BCUT2D eigenvalue weighted by Crippen LogP contribution is -2.30. The van der Waals surface area contributed by atoms with E-state index >= 15 is 0 Å². The van der Waals surface area contributed by atoms with E-state index < -0.39 is 18.0 Å². The first kappa shape index (κ1) is 18.3. The number of phenols is 1. The standard InChI is InChI=1S/C21H19NO5/c1-13(20(24)22-17-9-5-6-10-18(17)26-2)27-21(25)16-12-11-14-7-3-4-8-15(14)19(16)23/h3-13,23H,1-2H3,(H,22,24). The van der Waals surface area contributed by atoms with Gasteiger partial charge >= 0.3 is 5.97 Å². The molecule has 0 spiro atoms. The van der Waals surface area contributed by atoms with Crippen LogP contribution in [0.3, 0.4) is 0 Å². The van der Waals surface area contributed by atoms with Crippen molar-refractivity contribution in [3.63, 3.8) is 0 Å². The summed E-state index contributed by atoms with van der Waals surface area (Å²) in [6.45, 7) is 1.46. The maximum Gasteiger partial charge on any atom is 0.342 e. The molecule has 27 heavy (non-hydrogen) atoms. The van der Waals surface area contributed by atoms with E-state index in [1.165, 1.54) is 20.1 Å². The fourth-order valence-corrected chi connectivity index (χ4v) is 2.68. The summed E-state index contributed by atoms with van der Waals surface area (Å²) in [6.07, 6.45) is -1.06. The van der Waals surface area contributed by atoms with E-state index in [9.17, 15) is 14.7 Å². The molecule has 3 rings (SSSR count). The van der Waals surface area contributed by atoms with E-state index in [-0.39, 0.29) is 11.3 Å². The molecule has 0 aliphatic rings. The van der Waals surface area contributed by atoms with Gasteiger partial charge in [-0.2, -0.15) is 0 Å². The van der Waals surface area contributed by atoms with Crippen LogP contribution in [-0.2, 0) is 9.53 Å². The van der Waals surface area contributed by atoms with Crippen LogP contribution in [0.4, 0.5) is 5.69 Å². The third-order valence-electron chi connectivity index (χ3n) is 4.14. The molecule has 1 atom stereocenters. The first-order valence-corrected chi connectivity index (χ1v) is 8.37. The predicted molar refractivity (Wildman–Crippen MR) is 102 cm³/mol. The van der Waals surface area contributed by atoms with Gasteiger partial charge in [0.15, 0.2) is 6.10 Å². The second-order valence-electron chi connectivity index (χ2n) is 5.92. The van der Waals surface area contributed by atoms with Gasteiger partial charge < -0.3 is 19.9 Å². The first-order chi connectivity index (χ1) is 13.0. The lowest BCUT2D eigenvalue weighted by Gasteiger charge is -2.15. The molecular formula is C21H19NO5. The number of hydrogen-bond acceptors (Lipinski definition) is 5. The average molecular weight is 365 g/mol. The predicted octanol–water partition coefficient (Wildman–Crippen LogP) is 3.74. The van der Waals surface area contributed by atoms with Crippen LogP contribution < -0.4 is 10.1 Å². The number of phenolic OH excluding ortho intramolecular Hbond substituents is 1. The average Bonchev–Trinajstić information content (AvgIpc) is 2.68. The van der Waals surface area contributed by atoms with E-state index in [0.717, 1.165) is 5.39 Å². The highest BCUT2D eigenvalue weighted by molar-refractivity contribution is 6.03. The highest BCUT2D eigenvalue weighted by Gasteiger charge is 2.22. The topological polar surface area (TPSA) is 84.9 Å². The second-order valence-corrected chi connectivity index (χ2v) is 5.92. The van der Waals surface area contributed by atoms with Crippen LogP contribution in [0.1, 0.15) is 17.3 Å². The lowest BCUT2D eigenvalue weighted by atomic mass is 10.1. The van der Waals surface area contributed by atoms with Gasteiger partial charge in [-0.3, -0.25) is 4.79 Å². The lowest BCUT2D eigenvalue weighted by molar-refractivity contribution is -0.123. The fraction of sp³-hybridized carbons (Fsp3) is 0.143. The smallest absolute Gasteiger partial charge is 0.342 e. The molecule has 6 heteroatoms. The molecule has 6 nitrogen and oxygen atoms in total. The monoisotopic (exact) mass is 365 g/mol. The van der Waals surface area contributed by atoms with Gasteiger partial charge in [0.2, 0.25) is 0 Å². The number of carbonyl (C=O) groups is 2. The Kier molecular flexibility index (Phi) is 5.26. The van der Waals surface area contributed by atoms with Crippen molar-refractivity contribution >= 4 is 28.3 Å². The van der Waals surface area contributed by atoms with Crippen LogP contribution in [0.5, 0.6) is 11.5 Å². The van der Waals surface area contributed by atoms with Crippen molar-refractivity contribution < 1.29 is 24.2 Å². The van der Waals surface area contributed by atoms with Crippen LogP contribution in [-0.4, -0.2) is 30.2 Å². The number of aromatic hydroxyl groups is 1. The van der Waals surface area contributed by atoms with Gasteiger partial charge in [0.1, 0.15) is 17.1 Å². The number of fused-ring (bicyclic) bond motifs is 1. The number of benzene rings is 3. The molecule has 138 valence electrons. The minimum absolute atomic E-state index is 0.00522. The fourth-order valence-electron chi connectivity index (χ4n) is 2.68. The second kappa shape index (κ2) is 7.78. The van der Waals surface area contributed by atoms with Crippen LogP contribution in [0.25, 0.3) is 10.8 Å². The van der Waals surface area contributed by atoms with Gasteiger partial charge in [0.25, 0.3) is 5.91 Å². The molecule has 0 heterocycles. The highest BCUT2D eigenvalue weighted by Crippen LogP contribution is 2.29. The Balaban J connectivity index is 1.74. The van der Waals surface area contributed by atoms with Crippen molar-refractivity contribution in [2.45, 2.75) is 13.0 Å². The first-order valence-electron chi connectivity index (χ1n) is 8.37. The number of ether oxygens (including phenoxy) is 2. The van der Waals surface area contributed by atoms with Crippen molar-refractivity contribution in [2.75, 3.05) is 12.4 Å². The quantitative estimate of drug-likeness (QED) is 0.673. The van der Waals surface area contributed by atoms with Crippen LogP contribution in [0.2, 0.25) is 0 Å². The molecule has 0 radical (unpaired) electrons. The van der Waals surface area contributed by atoms with E-state index in [2.05, 4.69) is 5.32 Å². The van der Waals surface area contributed by atoms with E-state index in [1.54, 1.807) is 42.5 Å². The zero-order valence-corrected chi connectivity index (χ0v) is 14.9. The molecule has 3 aromatic carbocycles. The van der Waals surface area contributed by atoms with E-state index in [1.807, 2.05) is 12.1 Å². The Bertz CT molecular complexity index is 999. The zero-order valence-electron chi connectivity index (χ0n) is 14.9. The maximum atomic E-state index is 12.4. The van der Waals surface area contributed by atoms with Crippen molar-refractivity contribution in [1.29, 1.82) is 0 Å². The molecular weight excluding hydrogens is 346 g/mol. The summed E-state index contributed by atoms with van der Waals surface area (Å²) in [5.74, 6) is -0.957. The van der Waals surface area contributed by atoms with Crippen molar-refractivity contribution in [3.8, 4) is 11.5 Å². The van der Waals surface area contributed by atoms with Gasteiger partial charge in [0.05, 0.1) is 12.8 Å². The minimum Gasteiger partial charge on any atom is -0.506 e. The summed E-state index contributed by atoms with van der Waals surface area (Å²) in [4.78, 5) is 24.8. The van der Waals surface area contributed by atoms with Gasteiger partial charge in [-0.1, -0.05) is 42.5 Å². The largest absolute Gasteiger partial charge is 0.506 e. The van der Waals surface area contributed by atoms with E-state index in [4.69, 9.17) is 9.47 Å². The third-order valence-corrected chi connectivity index (χ3v) is 4.14. The van der Waals surface area contributed by atoms with Crippen molar-refractivity contribution in [2.24, 2.45) is 0 Å². The third kappa shape index (κ3) is 3.84. The number of methoxy groups -OCH3 is 1. The molecule has 0 aromatic heterocycles. The SMILES string of the molecule is COc1ccccc1NC(=O)C(C)OC(=O)c1ccc2ccccc2c1O. The molecule has 1 unspecified atom stereocenters. The number of hydrogen-bond donors (Lipinski definition) is 2. The van der Waals surface area contributed by atoms with E-state index in [0.29, 0.717) is 16.8 Å². The van der Waals surface area contributed by atoms with Gasteiger partial charge in [0, 0.05) is 5.39 Å². The molecule has 0 aliphatic carbocycles. The minimum atomic E-state index is -1.06.